The minimum Gasteiger partial charge on any atom is -0.394 e. The number of nitrogens with two attached hydrogens (primary N) is 1. The number of rotatable bonds is 6. The Bertz CT molecular complexity index is 232. The zero-order valence-electron chi connectivity index (χ0n) is 10.3. The van der Waals surface area contributed by atoms with Crippen LogP contribution in [0.3, 0.4) is 0 Å². The third-order valence-electron chi connectivity index (χ3n) is 3.49. The number of nitrogens with one attached hydrogen (secondary N) is 1. The van der Waals surface area contributed by atoms with Gasteiger partial charge in [0.15, 0.2) is 0 Å². The summed E-state index contributed by atoms with van der Waals surface area (Å²) in [5, 5.41) is 12.1. The Kier molecular flexibility index (Phi) is 4.74. The maximum absolute atomic E-state index is 12.0. The van der Waals surface area contributed by atoms with Gasteiger partial charge in [0.25, 0.3) is 0 Å². The van der Waals surface area contributed by atoms with E-state index in [9.17, 15) is 9.90 Å². The van der Waals surface area contributed by atoms with Gasteiger partial charge < -0.3 is 16.2 Å². The van der Waals surface area contributed by atoms with Gasteiger partial charge in [0.05, 0.1) is 18.1 Å². The average Bonchev–Trinajstić information content (AvgIpc) is 2.15. The summed E-state index contributed by atoms with van der Waals surface area (Å²) in [6.07, 6.45) is 3.66. The van der Waals surface area contributed by atoms with Crippen molar-refractivity contribution in [3.05, 3.63) is 0 Å². The second-order valence-electron chi connectivity index (χ2n) is 5.32. The molecule has 1 aliphatic carbocycles. The third kappa shape index (κ3) is 2.95. The second kappa shape index (κ2) is 5.64. The van der Waals surface area contributed by atoms with E-state index < -0.39 is 0 Å². The monoisotopic (exact) mass is 228 g/mol. The van der Waals surface area contributed by atoms with Gasteiger partial charge in [0.1, 0.15) is 0 Å². The summed E-state index contributed by atoms with van der Waals surface area (Å²) in [5.41, 5.74) is 5.32. The molecule has 0 aromatic rings. The molecule has 0 bridgehead atoms. The Morgan fingerprint density at radius 3 is 2.44 bits per heavy atom. The fourth-order valence-electron chi connectivity index (χ4n) is 2.21. The van der Waals surface area contributed by atoms with E-state index in [2.05, 4.69) is 19.2 Å². The number of carbonyl (C=O) groups is 1. The van der Waals surface area contributed by atoms with Crippen LogP contribution in [0, 0.1) is 11.3 Å². The van der Waals surface area contributed by atoms with Gasteiger partial charge in [-0.05, 0) is 25.2 Å². The van der Waals surface area contributed by atoms with Crippen LogP contribution in [0.25, 0.3) is 0 Å². The molecule has 1 rings (SSSR count). The van der Waals surface area contributed by atoms with Gasteiger partial charge >= 0.3 is 0 Å². The zero-order chi connectivity index (χ0) is 12.2. The quantitative estimate of drug-likeness (QED) is 0.624. The molecule has 1 fully saturated rings. The second-order valence-corrected chi connectivity index (χ2v) is 5.32. The van der Waals surface area contributed by atoms with E-state index in [0.717, 1.165) is 25.7 Å². The van der Waals surface area contributed by atoms with Gasteiger partial charge in [-0.3, -0.25) is 4.79 Å². The predicted molar refractivity (Wildman–Crippen MR) is 63.8 cm³/mol. The molecule has 4 N–H and O–H groups in total. The first-order valence-electron chi connectivity index (χ1n) is 6.16. The summed E-state index contributed by atoms with van der Waals surface area (Å²) in [5.74, 6) is 0.494. The lowest BCUT2D eigenvalue weighted by Crippen LogP contribution is -2.53. The van der Waals surface area contributed by atoms with Crippen LogP contribution >= 0.6 is 0 Å². The summed E-state index contributed by atoms with van der Waals surface area (Å²) < 4.78 is 0. The summed E-state index contributed by atoms with van der Waals surface area (Å²) >= 11 is 0. The van der Waals surface area contributed by atoms with Crippen molar-refractivity contribution in [1.82, 2.24) is 5.32 Å². The highest BCUT2D eigenvalue weighted by Crippen LogP contribution is 2.40. The van der Waals surface area contributed by atoms with Crippen molar-refractivity contribution in [2.45, 2.75) is 45.6 Å². The van der Waals surface area contributed by atoms with Crippen molar-refractivity contribution < 1.29 is 9.90 Å². The van der Waals surface area contributed by atoms with E-state index in [1.807, 2.05) is 0 Å². The minimum absolute atomic E-state index is 0.00454. The lowest BCUT2D eigenvalue weighted by molar-refractivity contribution is -0.136. The molecular formula is C12H24N2O2. The standard InChI is InChI=1S/C12H24N2O2/c1-9(2)6-10(7-15)14-11(16)12(8-13)4-3-5-12/h9-10,15H,3-8,13H2,1-2H3,(H,14,16). The molecule has 0 radical (unpaired) electrons. The summed E-state index contributed by atoms with van der Waals surface area (Å²) in [6, 6.07) is -0.128. The first kappa shape index (κ1) is 13.5. The number of hydrogen-bond donors (Lipinski definition) is 3. The van der Waals surface area contributed by atoms with Crippen LogP contribution in [-0.2, 0) is 4.79 Å². The van der Waals surface area contributed by atoms with Crippen LogP contribution in [0.4, 0.5) is 0 Å². The van der Waals surface area contributed by atoms with Crippen LogP contribution in [0.5, 0.6) is 0 Å². The van der Waals surface area contributed by atoms with E-state index in [-0.39, 0.29) is 24.0 Å². The average molecular weight is 228 g/mol. The third-order valence-corrected chi connectivity index (χ3v) is 3.49. The highest BCUT2D eigenvalue weighted by atomic mass is 16.3. The summed E-state index contributed by atoms with van der Waals surface area (Å²) in [6.45, 7) is 4.58. The molecule has 4 nitrogen and oxygen atoms in total. The molecule has 0 aliphatic heterocycles. The lowest BCUT2D eigenvalue weighted by atomic mass is 9.68. The lowest BCUT2D eigenvalue weighted by Gasteiger charge is -2.40. The van der Waals surface area contributed by atoms with Crippen molar-refractivity contribution >= 4 is 5.91 Å². The first-order valence-corrected chi connectivity index (χ1v) is 6.16. The van der Waals surface area contributed by atoms with Crippen LogP contribution in [0.1, 0.15) is 39.5 Å². The van der Waals surface area contributed by atoms with Gasteiger partial charge in [0, 0.05) is 6.54 Å². The Balaban J connectivity index is 2.48. The Morgan fingerprint density at radius 1 is 1.50 bits per heavy atom. The highest BCUT2D eigenvalue weighted by molar-refractivity contribution is 5.84. The fraction of sp³-hybridized carbons (Fsp3) is 0.917. The first-order chi connectivity index (χ1) is 7.54. The van der Waals surface area contributed by atoms with Gasteiger partial charge in [0.2, 0.25) is 5.91 Å². The zero-order valence-corrected chi connectivity index (χ0v) is 10.3. The number of aliphatic hydroxyl groups excluding tert-OH is 1. The summed E-state index contributed by atoms with van der Waals surface area (Å²) in [4.78, 5) is 12.0. The topological polar surface area (TPSA) is 75.3 Å². The number of hydrogen-bond acceptors (Lipinski definition) is 3. The normalized spacial score (nSPS) is 20.3. The highest BCUT2D eigenvalue weighted by Gasteiger charge is 2.43. The maximum atomic E-state index is 12.0. The molecule has 4 heteroatoms. The SMILES string of the molecule is CC(C)CC(CO)NC(=O)C1(CN)CCC1. The van der Waals surface area contributed by atoms with Gasteiger partial charge in [-0.1, -0.05) is 20.3 Å². The minimum atomic E-state index is -0.343. The molecule has 1 unspecified atom stereocenters. The molecule has 0 heterocycles. The fourth-order valence-corrected chi connectivity index (χ4v) is 2.21. The molecule has 0 spiro atoms. The van der Waals surface area contributed by atoms with Gasteiger partial charge in [-0.15, -0.1) is 0 Å². The largest absolute Gasteiger partial charge is 0.394 e. The van der Waals surface area contributed by atoms with E-state index in [4.69, 9.17) is 5.73 Å². The van der Waals surface area contributed by atoms with Crippen molar-refractivity contribution in [3.63, 3.8) is 0 Å². The van der Waals surface area contributed by atoms with Crippen LogP contribution < -0.4 is 11.1 Å². The predicted octanol–water partition coefficient (Wildman–Crippen LogP) is 0.639. The Hall–Kier alpha value is -0.610. The molecule has 0 saturated heterocycles. The Morgan fingerprint density at radius 2 is 2.12 bits per heavy atom. The number of carbonyl (C=O) groups excluding carboxylic acids is 1. The molecule has 0 aromatic heterocycles. The molecule has 1 atom stereocenters. The van der Waals surface area contributed by atoms with Gasteiger partial charge in [-0.2, -0.15) is 0 Å². The van der Waals surface area contributed by atoms with Crippen LogP contribution in [-0.4, -0.2) is 30.2 Å². The van der Waals surface area contributed by atoms with E-state index >= 15 is 0 Å². The molecule has 94 valence electrons. The molecular weight excluding hydrogens is 204 g/mol. The maximum Gasteiger partial charge on any atom is 0.227 e. The summed E-state index contributed by atoms with van der Waals surface area (Å²) in [7, 11) is 0. The van der Waals surface area contributed by atoms with E-state index in [0.29, 0.717) is 12.5 Å². The molecule has 0 aromatic carbocycles. The molecule has 1 aliphatic rings. The number of aliphatic hydroxyl groups is 1. The van der Waals surface area contributed by atoms with E-state index in [1.165, 1.54) is 0 Å². The number of amides is 1. The van der Waals surface area contributed by atoms with Crippen molar-refractivity contribution in [2.75, 3.05) is 13.2 Å². The van der Waals surface area contributed by atoms with Crippen molar-refractivity contribution in [1.29, 1.82) is 0 Å². The van der Waals surface area contributed by atoms with Crippen LogP contribution in [0.15, 0.2) is 0 Å². The van der Waals surface area contributed by atoms with Crippen molar-refractivity contribution in [2.24, 2.45) is 17.1 Å². The molecule has 16 heavy (non-hydrogen) atoms. The smallest absolute Gasteiger partial charge is 0.227 e. The van der Waals surface area contributed by atoms with E-state index in [1.54, 1.807) is 0 Å². The van der Waals surface area contributed by atoms with Crippen LogP contribution in [0.2, 0.25) is 0 Å². The molecule has 1 amide bonds. The van der Waals surface area contributed by atoms with Gasteiger partial charge in [-0.25, -0.2) is 0 Å². The van der Waals surface area contributed by atoms with Crippen molar-refractivity contribution in [3.8, 4) is 0 Å². The Labute approximate surface area is 97.6 Å². The molecule has 1 saturated carbocycles.